The van der Waals surface area contributed by atoms with Gasteiger partial charge in [0.1, 0.15) is 17.0 Å². The molecule has 0 aliphatic heterocycles. The van der Waals surface area contributed by atoms with Gasteiger partial charge in [0.25, 0.3) is 0 Å². The SMILES string of the molecule is COc1ccccc1C(=O)Oc1onc(-c2ccccc2)c1-c1ccc(S(N)(=O)=O)cc1. The van der Waals surface area contributed by atoms with E-state index in [9.17, 15) is 13.2 Å². The Morgan fingerprint density at radius 3 is 2.22 bits per heavy atom. The number of nitrogens with zero attached hydrogens (tertiary/aromatic N) is 1. The highest BCUT2D eigenvalue weighted by Gasteiger charge is 2.25. The summed E-state index contributed by atoms with van der Waals surface area (Å²) >= 11 is 0. The molecule has 0 bridgehead atoms. The summed E-state index contributed by atoms with van der Waals surface area (Å²) in [5, 5.41) is 9.29. The molecule has 8 nitrogen and oxygen atoms in total. The second-order valence-electron chi connectivity index (χ2n) is 6.72. The molecule has 1 heterocycles. The maximum atomic E-state index is 12.8. The van der Waals surface area contributed by atoms with Gasteiger partial charge >= 0.3 is 11.9 Å². The number of para-hydroxylation sites is 1. The van der Waals surface area contributed by atoms with E-state index in [1.807, 2.05) is 30.3 Å². The topological polar surface area (TPSA) is 122 Å². The van der Waals surface area contributed by atoms with Gasteiger partial charge in [0, 0.05) is 5.56 Å². The number of carbonyl (C=O) groups is 1. The second kappa shape index (κ2) is 8.66. The average Bonchev–Trinajstić information content (AvgIpc) is 3.22. The Morgan fingerprint density at radius 2 is 1.56 bits per heavy atom. The molecule has 0 fully saturated rings. The van der Waals surface area contributed by atoms with Crippen LogP contribution >= 0.6 is 0 Å². The van der Waals surface area contributed by atoms with Crippen molar-refractivity contribution in [2.24, 2.45) is 5.14 Å². The molecule has 0 unspecified atom stereocenters. The summed E-state index contributed by atoms with van der Waals surface area (Å²) in [6, 6.07) is 21.6. The van der Waals surface area contributed by atoms with E-state index in [1.54, 1.807) is 36.4 Å². The number of ether oxygens (including phenoxy) is 2. The van der Waals surface area contributed by atoms with E-state index in [0.29, 0.717) is 22.6 Å². The number of methoxy groups -OCH3 is 1. The summed E-state index contributed by atoms with van der Waals surface area (Å²) in [7, 11) is -2.41. The Balaban J connectivity index is 1.80. The van der Waals surface area contributed by atoms with Crippen LogP contribution in [0.15, 0.2) is 88.3 Å². The average molecular weight is 450 g/mol. The number of benzene rings is 3. The Labute approximate surface area is 184 Å². The van der Waals surface area contributed by atoms with E-state index in [1.165, 1.54) is 19.2 Å². The number of primary sulfonamides is 1. The van der Waals surface area contributed by atoms with Crippen LogP contribution in [-0.4, -0.2) is 26.7 Å². The molecule has 9 heteroatoms. The van der Waals surface area contributed by atoms with Gasteiger partial charge < -0.3 is 14.0 Å². The molecule has 3 aromatic carbocycles. The van der Waals surface area contributed by atoms with Crippen molar-refractivity contribution < 1.29 is 27.2 Å². The number of esters is 1. The lowest BCUT2D eigenvalue weighted by Gasteiger charge is -2.08. The van der Waals surface area contributed by atoms with Crippen LogP contribution in [0.1, 0.15) is 10.4 Å². The lowest BCUT2D eigenvalue weighted by molar-refractivity contribution is 0.0678. The van der Waals surface area contributed by atoms with Gasteiger partial charge in [-0.15, -0.1) is 0 Å². The summed E-state index contributed by atoms with van der Waals surface area (Å²) in [5.74, 6) is -0.483. The van der Waals surface area contributed by atoms with E-state index in [0.717, 1.165) is 5.56 Å². The first-order valence-electron chi connectivity index (χ1n) is 9.42. The second-order valence-corrected chi connectivity index (χ2v) is 8.28. The minimum Gasteiger partial charge on any atom is -0.496 e. The number of aromatic nitrogens is 1. The monoisotopic (exact) mass is 450 g/mol. The summed E-state index contributed by atoms with van der Waals surface area (Å²) < 4.78 is 39.4. The molecule has 4 aromatic rings. The van der Waals surface area contributed by atoms with Crippen molar-refractivity contribution in [3.8, 4) is 34.1 Å². The Bertz CT molecular complexity index is 1360. The quantitative estimate of drug-likeness (QED) is 0.442. The molecule has 0 aliphatic rings. The predicted molar refractivity (Wildman–Crippen MR) is 117 cm³/mol. The van der Waals surface area contributed by atoms with Crippen molar-refractivity contribution in [3.05, 3.63) is 84.4 Å². The first-order chi connectivity index (χ1) is 15.4. The van der Waals surface area contributed by atoms with E-state index < -0.39 is 16.0 Å². The number of nitrogens with two attached hydrogens (primary N) is 1. The summed E-state index contributed by atoms with van der Waals surface area (Å²) in [4.78, 5) is 12.8. The van der Waals surface area contributed by atoms with Gasteiger partial charge in [-0.1, -0.05) is 59.8 Å². The molecule has 4 rings (SSSR count). The van der Waals surface area contributed by atoms with Crippen LogP contribution < -0.4 is 14.6 Å². The first-order valence-corrected chi connectivity index (χ1v) is 11.0. The molecule has 0 atom stereocenters. The Morgan fingerprint density at radius 1 is 0.906 bits per heavy atom. The molecule has 2 N–H and O–H groups in total. The molecule has 0 saturated heterocycles. The summed E-state index contributed by atoms with van der Waals surface area (Å²) in [5.41, 5.74) is 2.28. The van der Waals surface area contributed by atoms with Gasteiger partial charge in [-0.25, -0.2) is 18.4 Å². The van der Waals surface area contributed by atoms with Crippen LogP contribution in [0.25, 0.3) is 22.4 Å². The van der Waals surface area contributed by atoms with Crippen LogP contribution in [-0.2, 0) is 10.0 Å². The molecule has 32 heavy (non-hydrogen) atoms. The van der Waals surface area contributed by atoms with Gasteiger partial charge in [-0.05, 0) is 29.8 Å². The van der Waals surface area contributed by atoms with Crippen molar-refractivity contribution >= 4 is 16.0 Å². The first kappa shape index (κ1) is 21.3. The lowest BCUT2D eigenvalue weighted by atomic mass is 10.0. The highest BCUT2D eigenvalue weighted by atomic mass is 32.2. The van der Waals surface area contributed by atoms with Crippen LogP contribution in [0, 0.1) is 0 Å². The largest absolute Gasteiger partial charge is 0.496 e. The van der Waals surface area contributed by atoms with Crippen molar-refractivity contribution in [3.63, 3.8) is 0 Å². The zero-order valence-electron chi connectivity index (χ0n) is 16.9. The Kier molecular flexibility index (Phi) is 5.76. The summed E-state index contributed by atoms with van der Waals surface area (Å²) in [6.45, 7) is 0. The number of carbonyl (C=O) groups excluding carboxylic acids is 1. The fourth-order valence-corrected chi connectivity index (χ4v) is 3.67. The minimum atomic E-state index is -3.86. The van der Waals surface area contributed by atoms with Crippen molar-refractivity contribution in [1.29, 1.82) is 0 Å². The van der Waals surface area contributed by atoms with E-state index in [4.69, 9.17) is 19.1 Å². The van der Waals surface area contributed by atoms with Gasteiger partial charge in [0.15, 0.2) is 0 Å². The predicted octanol–water partition coefficient (Wildman–Crippen LogP) is 3.88. The molecule has 162 valence electrons. The molecule has 1 aromatic heterocycles. The fraction of sp³-hybridized carbons (Fsp3) is 0.0435. The van der Waals surface area contributed by atoms with E-state index >= 15 is 0 Å². The third-order valence-electron chi connectivity index (χ3n) is 4.69. The van der Waals surface area contributed by atoms with Gasteiger partial charge in [-0.3, -0.25) is 0 Å². The highest BCUT2D eigenvalue weighted by molar-refractivity contribution is 7.89. The molecular weight excluding hydrogens is 432 g/mol. The highest BCUT2D eigenvalue weighted by Crippen LogP contribution is 2.40. The van der Waals surface area contributed by atoms with Crippen molar-refractivity contribution in [1.82, 2.24) is 5.16 Å². The smallest absolute Gasteiger partial charge is 0.349 e. The van der Waals surface area contributed by atoms with E-state index in [-0.39, 0.29) is 16.4 Å². The van der Waals surface area contributed by atoms with Gasteiger partial charge in [0.2, 0.25) is 10.0 Å². The number of hydrogen-bond donors (Lipinski definition) is 1. The van der Waals surface area contributed by atoms with Crippen LogP contribution in [0.4, 0.5) is 0 Å². The third kappa shape index (κ3) is 4.25. The lowest BCUT2D eigenvalue weighted by Crippen LogP contribution is -2.11. The van der Waals surface area contributed by atoms with Crippen molar-refractivity contribution in [2.75, 3.05) is 7.11 Å². The maximum absolute atomic E-state index is 12.8. The van der Waals surface area contributed by atoms with E-state index in [2.05, 4.69) is 5.16 Å². The van der Waals surface area contributed by atoms with Gasteiger partial charge in [0.05, 0.1) is 17.6 Å². The van der Waals surface area contributed by atoms with Gasteiger partial charge in [-0.2, -0.15) is 0 Å². The Hall–Kier alpha value is -3.95. The molecular formula is C23H18N2O6S. The summed E-state index contributed by atoms with van der Waals surface area (Å²) in [6.07, 6.45) is 0. The zero-order valence-corrected chi connectivity index (χ0v) is 17.7. The number of sulfonamides is 1. The zero-order chi connectivity index (χ0) is 22.7. The number of rotatable bonds is 6. The third-order valence-corrected chi connectivity index (χ3v) is 5.62. The van der Waals surface area contributed by atoms with Crippen LogP contribution in [0.2, 0.25) is 0 Å². The molecule has 0 amide bonds. The minimum absolute atomic E-state index is 0.0495. The van der Waals surface area contributed by atoms with Crippen LogP contribution in [0.5, 0.6) is 11.7 Å². The van der Waals surface area contributed by atoms with Crippen LogP contribution in [0.3, 0.4) is 0 Å². The molecule has 0 spiro atoms. The molecule has 0 saturated carbocycles. The number of hydrogen-bond acceptors (Lipinski definition) is 7. The normalized spacial score (nSPS) is 11.2. The fourth-order valence-electron chi connectivity index (χ4n) is 3.16. The standard InChI is InChI=1S/C23H18N2O6S/c1-29-19-10-6-5-9-18(19)22(26)30-23-20(15-11-13-17(14-12-15)32(24,27)28)21(25-31-23)16-7-3-2-4-8-16/h2-14H,1H3,(H2,24,27,28). The van der Waals surface area contributed by atoms with Crippen molar-refractivity contribution in [2.45, 2.75) is 4.90 Å². The maximum Gasteiger partial charge on any atom is 0.349 e. The molecule has 0 radical (unpaired) electrons. The molecule has 0 aliphatic carbocycles.